The molecule has 0 aromatic carbocycles. The van der Waals surface area contributed by atoms with E-state index in [1.807, 2.05) is 6.92 Å². The Labute approximate surface area is 153 Å². The third-order valence-electron chi connectivity index (χ3n) is 7.02. The van der Waals surface area contributed by atoms with Crippen molar-refractivity contribution in [3.05, 3.63) is 23.8 Å². The smallest absolute Gasteiger partial charge is 0.334 e. The van der Waals surface area contributed by atoms with Crippen molar-refractivity contribution in [2.45, 2.75) is 63.9 Å². The standard InChI is InChI=1S/C20H26O6/c1-5-10(2)17(22)25-13-6-7-20(9-24-20)16-15-14(11(3)18(23)26-15)12(21)8-19(13,16)4/h5,12-16,21H,3,6-9H2,1-2,4H3/b10-5-/t12-,13-,14+,15-,16+,19-,20+/m0/s1. The Bertz CT molecular complexity index is 705. The Morgan fingerprint density at radius 1 is 1.46 bits per heavy atom. The van der Waals surface area contributed by atoms with Crippen LogP contribution in [0.25, 0.3) is 0 Å². The van der Waals surface area contributed by atoms with E-state index in [1.54, 1.807) is 19.9 Å². The van der Waals surface area contributed by atoms with E-state index in [-0.39, 0.29) is 23.6 Å². The Kier molecular flexibility index (Phi) is 3.87. The molecule has 1 spiro atoms. The molecule has 26 heavy (non-hydrogen) atoms. The molecule has 7 atom stereocenters. The lowest BCUT2D eigenvalue weighted by atomic mass is 9.51. The summed E-state index contributed by atoms with van der Waals surface area (Å²) in [5.74, 6) is -1.31. The van der Waals surface area contributed by atoms with Gasteiger partial charge in [0, 0.05) is 22.5 Å². The average molecular weight is 362 g/mol. The number of carbonyl (C=O) groups excluding carboxylic acids is 2. The topological polar surface area (TPSA) is 85.4 Å². The molecule has 2 saturated carbocycles. The van der Waals surface area contributed by atoms with Crippen LogP contribution in [-0.2, 0) is 23.8 Å². The minimum absolute atomic E-state index is 0.121. The second kappa shape index (κ2) is 5.67. The van der Waals surface area contributed by atoms with Crippen molar-refractivity contribution in [2.75, 3.05) is 6.61 Å². The zero-order valence-electron chi connectivity index (χ0n) is 15.5. The monoisotopic (exact) mass is 362 g/mol. The Hall–Kier alpha value is -1.66. The minimum atomic E-state index is -0.752. The van der Waals surface area contributed by atoms with E-state index < -0.39 is 29.5 Å². The van der Waals surface area contributed by atoms with E-state index in [0.29, 0.717) is 30.6 Å². The number of fused-ring (bicyclic) bond motifs is 4. The number of aliphatic hydroxyl groups excluding tert-OH is 1. The molecule has 2 saturated heterocycles. The Morgan fingerprint density at radius 2 is 2.15 bits per heavy atom. The third kappa shape index (κ3) is 2.31. The van der Waals surface area contributed by atoms with Gasteiger partial charge in [0.15, 0.2) is 0 Å². The van der Waals surface area contributed by atoms with Gasteiger partial charge in [0.2, 0.25) is 0 Å². The summed E-state index contributed by atoms with van der Waals surface area (Å²) in [5.41, 5.74) is 0.0257. The van der Waals surface area contributed by atoms with Crippen LogP contribution >= 0.6 is 0 Å². The lowest BCUT2D eigenvalue weighted by Crippen LogP contribution is -2.63. The van der Waals surface area contributed by atoms with Crippen LogP contribution < -0.4 is 0 Å². The summed E-state index contributed by atoms with van der Waals surface area (Å²) in [7, 11) is 0. The van der Waals surface area contributed by atoms with Crippen molar-refractivity contribution in [1.82, 2.24) is 0 Å². The fourth-order valence-corrected chi connectivity index (χ4v) is 5.46. The molecular formula is C20H26O6. The maximum absolute atomic E-state index is 12.4. The van der Waals surface area contributed by atoms with Gasteiger partial charge in [-0.15, -0.1) is 0 Å². The summed E-state index contributed by atoms with van der Waals surface area (Å²) < 4.78 is 17.4. The van der Waals surface area contributed by atoms with E-state index in [9.17, 15) is 14.7 Å². The van der Waals surface area contributed by atoms with Gasteiger partial charge in [0.25, 0.3) is 0 Å². The second-order valence-corrected chi connectivity index (χ2v) is 8.43. The van der Waals surface area contributed by atoms with E-state index >= 15 is 0 Å². The predicted octanol–water partition coefficient (Wildman–Crippen LogP) is 1.91. The molecular weight excluding hydrogens is 336 g/mol. The van der Waals surface area contributed by atoms with Crippen molar-refractivity contribution in [1.29, 1.82) is 0 Å². The van der Waals surface area contributed by atoms with Crippen molar-refractivity contribution in [2.24, 2.45) is 17.3 Å². The number of esters is 2. The van der Waals surface area contributed by atoms with Gasteiger partial charge in [-0.2, -0.15) is 0 Å². The van der Waals surface area contributed by atoms with Crippen LogP contribution in [0.1, 0.15) is 40.0 Å². The van der Waals surface area contributed by atoms with Crippen LogP contribution in [0.15, 0.2) is 23.8 Å². The number of allylic oxidation sites excluding steroid dienone is 1. The number of carbonyl (C=O) groups is 2. The van der Waals surface area contributed by atoms with Gasteiger partial charge >= 0.3 is 11.9 Å². The first-order chi connectivity index (χ1) is 12.2. The summed E-state index contributed by atoms with van der Waals surface area (Å²) in [6, 6.07) is 0. The second-order valence-electron chi connectivity index (χ2n) is 8.43. The third-order valence-corrected chi connectivity index (χ3v) is 7.02. The molecule has 2 aliphatic heterocycles. The number of epoxide rings is 1. The maximum atomic E-state index is 12.4. The van der Waals surface area contributed by atoms with Gasteiger partial charge in [-0.3, -0.25) is 0 Å². The fraction of sp³-hybridized carbons (Fsp3) is 0.700. The van der Waals surface area contributed by atoms with Crippen molar-refractivity contribution >= 4 is 11.9 Å². The van der Waals surface area contributed by atoms with E-state index in [0.717, 1.165) is 6.42 Å². The van der Waals surface area contributed by atoms with Crippen molar-refractivity contribution in [3.8, 4) is 0 Å². The van der Waals surface area contributed by atoms with Gasteiger partial charge in [-0.1, -0.05) is 19.6 Å². The first-order valence-corrected chi connectivity index (χ1v) is 9.29. The molecule has 1 N–H and O–H groups in total. The largest absolute Gasteiger partial charge is 0.458 e. The molecule has 4 aliphatic rings. The highest BCUT2D eigenvalue weighted by atomic mass is 16.6. The highest BCUT2D eigenvalue weighted by Crippen LogP contribution is 2.63. The summed E-state index contributed by atoms with van der Waals surface area (Å²) in [6.45, 7) is 10.00. The van der Waals surface area contributed by atoms with Gasteiger partial charge in [0.05, 0.1) is 24.2 Å². The average Bonchev–Trinajstić information content (AvgIpc) is 3.29. The molecule has 6 heteroatoms. The normalized spacial score (nSPS) is 47.2. The summed E-state index contributed by atoms with van der Waals surface area (Å²) in [6.07, 6.45) is 2.00. The molecule has 6 nitrogen and oxygen atoms in total. The van der Waals surface area contributed by atoms with Crippen LogP contribution in [0, 0.1) is 17.3 Å². The summed E-state index contributed by atoms with van der Waals surface area (Å²) in [5, 5.41) is 10.8. The van der Waals surface area contributed by atoms with Gasteiger partial charge < -0.3 is 19.3 Å². The molecule has 2 aliphatic carbocycles. The minimum Gasteiger partial charge on any atom is -0.458 e. The van der Waals surface area contributed by atoms with E-state index in [4.69, 9.17) is 14.2 Å². The molecule has 142 valence electrons. The van der Waals surface area contributed by atoms with Gasteiger partial charge in [-0.25, -0.2) is 9.59 Å². The van der Waals surface area contributed by atoms with Crippen LogP contribution in [0.2, 0.25) is 0 Å². The summed E-state index contributed by atoms with van der Waals surface area (Å²) >= 11 is 0. The zero-order chi connectivity index (χ0) is 18.9. The summed E-state index contributed by atoms with van der Waals surface area (Å²) in [4.78, 5) is 24.5. The van der Waals surface area contributed by atoms with Crippen LogP contribution in [-0.4, -0.2) is 47.6 Å². The van der Waals surface area contributed by atoms with E-state index in [2.05, 4.69) is 6.58 Å². The van der Waals surface area contributed by atoms with Crippen molar-refractivity contribution < 1.29 is 28.9 Å². The number of ether oxygens (including phenoxy) is 3. The number of aliphatic hydroxyl groups is 1. The highest BCUT2D eigenvalue weighted by molar-refractivity contribution is 5.91. The molecule has 4 rings (SSSR count). The maximum Gasteiger partial charge on any atom is 0.334 e. The first-order valence-electron chi connectivity index (χ1n) is 9.29. The number of rotatable bonds is 2. The molecule has 4 fully saturated rings. The molecule has 2 heterocycles. The molecule has 0 amide bonds. The Morgan fingerprint density at radius 3 is 2.77 bits per heavy atom. The van der Waals surface area contributed by atoms with E-state index in [1.165, 1.54) is 0 Å². The lowest BCUT2D eigenvalue weighted by Gasteiger charge is -2.56. The van der Waals surface area contributed by atoms with Crippen LogP contribution in [0.3, 0.4) is 0 Å². The first kappa shape index (κ1) is 17.7. The van der Waals surface area contributed by atoms with Crippen LogP contribution in [0.4, 0.5) is 0 Å². The highest BCUT2D eigenvalue weighted by Gasteiger charge is 2.72. The molecule has 0 radical (unpaired) electrons. The lowest BCUT2D eigenvalue weighted by molar-refractivity contribution is -0.202. The number of hydrogen-bond donors (Lipinski definition) is 1. The predicted molar refractivity (Wildman–Crippen MR) is 92.0 cm³/mol. The Balaban J connectivity index is 1.70. The van der Waals surface area contributed by atoms with Gasteiger partial charge in [-0.05, 0) is 33.1 Å². The SMILES string of the molecule is C=C1C(=O)O[C@H]2[C@H]1[C@@H](O)C[C@@]1(C)[C@@H](OC(=O)/C(C)=C\C)CC[C@@]3(CO3)[C@H]21. The van der Waals surface area contributed by atoms with Crippen molar-refractivity contribution in [3.63, 3.8) is 0 Å². The van der Waals surface area contributed by atoms with Crippen LogP contribution in [0.5, 0.6) is 0 Å². The molecule has 0 unspecified atom stereocenters. The molecule has 0 aromatic heterocycles. The molecule has 0 bridgehead atoms. The quantitative estimate of drug-likeness (QED) is 0.459. The zero-order valence-corrected chi connectivity index (χ0v) is 15.5. The fourth-order valence-electron chi connectivity index (χ4n) is 5.46. The number of hydrogen-bond acceptors (Lipinski definition) is 6. The molecule has 0 aromatic rings. The van der Waals surface area contributed by atoms with Gasteiger partial charge in [0.1, 0.15) is 12.2 Å².